The van der Waals surface area contributed by atoms with Crippen LogP contribution in [0.1, 0.15) is 34.8 Å². The molecule has 1 saturated heterocycles. The average Bonchev–Trinajstić information content (AvgIpc) is 2.96. The highest BCUT2D eigenvalue weighted by atomic mass is 32.1. The molecule has 1 aliphatic heterocycles. The van der Waals surface area contributed by atoms with E-state index in [0.29, 0.717) is 0 Å². The Morgan fingerprint density at radius 2 is 1.81 bits per heavy atom. The number of thiophene rings is 1. The van der Waals surface area contributed by atoms with Crippen molar-refractivity contribution in [3.05, 3.63) is 56.4 Å². The zero-order valence-corrected chi connectivity index (χ0v) is 17.2. The van der Waals surface area contributed by atoms with Gasteiger partial charge in [-0.1, -0.05) is 18.2 Å². The summed E-state index contributed by atoms with van der Waals surface area (Å²) < 4.78 is 0. The van der Waals surface area contributed by atoms with E-state index >= 15 is 0 Å². The number of H-pyrrole nitrogens is 1. The van der Waals surface area contributed by atoms with Crippen LogP contribution in [0, 0.1) is 20.8 Å². The zero-order valence-electron chi connectivity index (χ0n) is 16.4. The molecule has 1 aromatic carbocycles. The minimum absolute atomic E-state index is 0.0118. The molecule has 0 amide bonds. The topological polar surface area (TPSA) is 52.2 Å². The Bertz CT molecular complexity index is 1030. The summed E-state index contributed by atoms with van der Waals surface area (Å²) in [5, 5.41) is 0.748. The largest absolute Gasteiger partial charge is 0.369 e. The predicted molar refractivity (Wildman–Crippen MR) is 113 cm³/mol. The van der Waals surface area contributed by atoms with Crippen LogP contribution in [0.2, 0.25) is 0 Å². The summed E-state index contributed by atoms with van der Waals surface area (Å²) in [5.41, 5.74) is 3.68. The molecule has 1 atom stereocenters. The van der Waals surface area contributed by atoms with Crippen molar-refractivity contribution in [1.82, 2.24) is 14.9 Å². The Morgan fingerprint density at radius 3 is 2.52 bits per heavy atom. The van der Waals surface area contributed by atoms with Crippen LogP contribution in [0.15, 0.2) is 29.1 Å². The van der Waals surface area contributed by atoms with Crippen LogP contribution in [-0.2, 0) is 0 Å². The number of para-hydroxylation sites is 1. The summed E-state index contributed by atoms with van der Waals surface area (Å²) in [6.07, 6.45) is 0. The molecule has 5 nitrogen and oxygen atoms in total. The number of piperazine rings is 1. The van der Waals surface area contributed by atoms with Crippen molar-refractivity contribution in [2.45, 2.75) is 33.7 Å². The summed E-state index contributed by atoms with van der Waals surface area (Å²) in [6, 6.07) is 8.65. The molecule has 3 heterocycles. The molecule has 4 rings (SSSR count). The molecule has 0 aliphatic carbocycles. The molecular weight excluding hydrogens is 356 g/mol. The summed E-state index contributed by atoms with van der Waals surface area (Å²) in [7, 11) is 0. The Kier molecular flexibility index (Phi) is 4.78. The van der Waals surface area contributed by atoms with E-state index in [2.05, 4.69) is 59.8 Å². The number of aryl methyl sites for hydroxylation is 3. The lowest BCUT2D eigenvalue weighted by molar-refractivity contribution is 0.191. The lowest BCUT2D eigenvalue weighted by atomic mass is 10.1. The van der Waals surface area contributed by atoms with E-state index in [1.165, 1.54) is 16.1 Å². The normalized spacial score (nSPS) is 16.8. The first-order chi connectivity index (χ1) is 13.0. The fraction of sp³-hybridized carbons (Fsp3) is 0.429. The Balaban J connectivity index is 1.53. The van der Waals surface area contributed by atoms with Crippen molar-refractivity contribution in [3.63, 3.8) is 0 Å². The quantitative estimate of drug-likeness (QED) is 0.749. The maximum absolute atomic E-state index is 12.6. The van der Waals surface area contributed by atoms with E-state index in [1.54, 1.807) is 11.3 Å². The first kappa shape index (κ1) is 18.2. The van der Waals surface area contributed by atoms with Crippen LogP contribution < -0.4 is 10.5 Å². The third-order valence-corrected chi connectivity index (χ3v) is 6.87. The molecule has 142 valence electrons. The third-order valence-electron chi connectivity index (χ3n) is 5.77. The van der Waals surface area contributed by atoms with Gasteiger partial charge in [0.15, 0.2) is 0 Å². The van der Waals surface area contributed by atoms with Crippen molar-refractivity contribution >= 4 is 27.2 Å². The third kappa shape index (κ3) is 3.28. The molecule has 1 unspecified atom stereocenters. The van der Waals surface area contributed by atoms with Gasteiger partial charge < -0.3 is 9.88 Å². The number of aromatic amines is 1. The molecule has 0 spiro atoms. The molecule has 0 radical (unpaired) electrons. The number of benzene rings is 1. The van der Waals surface area contributed by atoms with Gasteiger partial charge in [-0.3, -0.25) is 9.69 Å². The minimum Gasteiger partial charge on any atom is -0.369 e. The molecular formula is C21H26N4OS. The zero-order chi connectivity index (χ0) is 19.1. The van der Waals surface area contributed by atoms with Crippen molar-refractivity contribution in [2.75, 3.05) is 31.1 Å². The Labute approximate surface area is 163 Å². The average molecular weight is 383 g/mol. The second-order valence-electron chi connectivity index (χ2n) is 7.40. The van der Waals surface area contributed by atoms with E-state index in [1.807, 2.05) is 6.92 Å². The first-order valence-electron chi connectivity index (χ1n) is 9.50. The van der Waals surface area contributed by atoms with Gasteiger partial charge in [0, 0.05) is 36.7 Å². The highest BCUT2D eigenvalue weighted by Gasteiger charge is 2.25. The van der Waals surface area contributed by atoms with Gasteiger partial charge in [-0.15, -0.1) is 11.3 Å². The molecule has 2 aromatic heterocycles. The molecule has 1 N–H and O–H groups in total. The van der Waals surface area contributed by atoms with Crippen LogP contribution >= 0.6 is 11.3 Å². The molecule has 1 fully saturated rings. The number of nitrogens with zero attached hydrogens (tertiary/aromatic N) is 3. The molecule has 3 aromatic rings. The van der Waals surface area contributed by atoms with Crippen LogP contribution in [0.4, 0.5) is 5.69 Å². The monoisotopic (exact) mass is 382 g/mol. The lowest BCUT2D eigenvalue weighted by Gasteiger charge is -2.39. The van der Waals surface area contributed by atoms with E-state index < -0.39 is 0 Å². The van der Waals surface area contributed by atoms with Gasteiger partial charge in [0.2, 0.25) is 0 Å². The summed E-state index contributed by atoms with van der Waals surface area (Å²) >= 11 is 1.61. The highest BCUT2D eigenvalue weighted by Crippen LogP contribution is 2.28. The fourth-order valence-corrected chi connectivity index (χ4v) is 4.95. The second-order valence-corrected chi connectivity index (χ2v) is 8.60. The van der Waals surface area contributed by atoms with E-state index in [9.17, 15) is 4.79 Å². The number of nitrogens with one attached hydrogen (secondary N) is 1. The minimum atomic E-state index is -0.0118. The van der Waals surface area contributed by atoms with Gasteiger partial charge in [0.1, 0.15) is 10.7 Å². The van der Waals surface area contributed by atoms with Gasteiger partial charge in [0.05, 0.1) is 11.4 Å². The van der Waals surface area contributed by atoms with E-state index in [-0.39, 0.29) is 11.6 Å². The standard InChI is InChI=1S/C21H26N4OS/c1-13-7-5-6-8-17(13)25-11-9-24(10-12-25)15(3)19-22-20(26)18-14(2)16(4)27-21(18)23-19/h5-8,15H,9-12H2,1-4H3,(H,22,23,26). The molecule has 6 heteroatoms. The number of anilines is 1. The first-order valence-corrected chi connectivity index (χ1v) is 10.3. The summed E-state index contributed by atoms with van der Waals surface area (Å²) in [5.74, 6) is 0.776. The number of hydrogen-bond donors (Lipinski definition) is 1. The SMILES string of the molecule is Cc1ccccc1N1CCN(C(C)c2nc3sc(C)c(C)c3c(=O)[nH]2)CC1. The van der Waals surface area contributed by atoms with E-state index in [0.717, 1.165) is 47.8 Å². The fourth-order valence-electron chi connectivity index (χ4n) is 3.91. The van der Waals surface area contributed by atoms with Gasteiger partial charge in [0.25, 0.3) is 5.56 Å². The molecule has 27 heavy (non-hydrogen) atoms. The Hall–Kier alpha value is -2.18. The van der Waals surface area contributed by atoms with Crippen molar-refractivity contribution in [1.29, 1.82) is 0 Å². The van der Waals surface area contributed by atoms with Crippen molar-refractivity contribution in [3.8, 4) is 0 Å². The van der Waals surface area contributed by atoms with Crippen LogP contribution in [0.25, 0.3) is 10.2 Å². The molecule has 0 saturated carbocycles. The number of rotatable bonds is 3. The lowest BCUT2D eigenvalue weighted by Crippen LogP contribution is -2.47. The number of fused-ring (bicyclic) bond motifs is 1. The maximum atomic E-state index is 12.6. The van der Waals surface area contributed by atoms with Gasteiger partial charge in [-0.25, -0.2) is 4.98 Å². The second kappa shape index (κ2) is 7.09. The van der Waals surface area contributed by atoms with Crippen LogP contribution in [0.5, 0.6) is 0 Å². The summed E-state index contributed by atoms with van der Waals surface area (Å²) in [6.45, 7) is 12.2. The van der Waals surface area contributed by atoms with Gasteiger partial charge >= 0.3 is 0 Å². The smallest absolute Gasteiger partial charge is 0.259 e. The molecule has 1 aliphatic rings. The Morgan fingerprint density at radius 1 is 1.11 bits per heavy atom. The molecule has 0 bridgehead atoms. The van der Waals surface area contributed by atoms with Gasteiger partial charge in [-0.2, -0.15) is 0 Å². The number of aromatic nitrogens is 2. The highest BCUT2D eigenvalue weighted by molar-refractivity contribution is 7.18. The van der Waals surface area contributed by atoms with Crippen molar-refractivity contribution in [2.24, 2.45) is 0 Å². The van der Waals surface area contributed by atoms with Crippen molar-refractivity contribution < 1.29 is 0 Å². The maximum Gasteiger partial charge on any atom is 0.259 e. The number of hydrogen-bond acceptors (Lipinski definition) is 5. The summed E-state index contributed by atoms with van der Waals surface area (Å²) in [4.78, 5) is 27.3. The van der Waals surface area contributed by atoms with E-state index in [4.69, 9.17) is 4.98 Å². The van der Waals surface area contributed by atoms with Gasteiger partial charge in [-0.05, 0) is 44.9 Å². The van der Waals surface area contributed by atoms with Crippen LogP contribution in [-0.4, -0.2) is 41.0 Å². The predicted octanol–water partition coefficient (Wildman–Crippen LogP) is 3.79. The van der Waals surface area contributed by atoms with Crippen LogP contribution in [0.3, 0.4) is 0 Å².